The lowest BCUT2D eigenvalue weighted by atomic mass is 10.0. The molecule has 0 rings (SSSR count). The molecular weight excluding hydrogens is 218 g/mol. The van der Waals surface area contributed by atoms with Gasteiger partial charge in [0.25, 0.3) is 0 Å². The molecule has 0 heterocycles. The molecule has 0 fully saturated rings. The van der Waals surface area contributed by atoms with E-state index in [1.54, 1.807) is 0 Å². The van der Waals surface area contributed by atoms with E-state index in [4.69, 9.17) is 5.11 Å². The van der Waals surface area contributed by atoms with Gasteiger partial charge >= 0.3 is 0 Å². The van der Waals surface area contributed by atoms with Crippen molar-refractivity contribution >= 4 is 11.8 Å². The number of aliphatic hydroxyl groups excluding tert-OH is 1. The monoisotopic (exact) mass is 247 g/mol. The minimum atomic E-state index is 0.289. The molecule has 0 aliphatic carbocycles. The topological polar surface area (TPSA) is 32.3 Å². The first-order valence-electron chi connectivity index (χ1n) is 6.46. The summed E-state index contributed by atoms with van der Waals surface area (Å²) in [4.78, 5) is 0. The number of hydrogen-bond acceptors (Lipinski definition) is 3. The first-order valence-corrected chi connectivity index (χ1v) is 7.85. The van der Waals surface area contributed by atoms with Gasteiger partial charge in [-0.05, 0) is 31.9 Å². The average Bonchev–Trinajstić information content (AvgIpc) is 2.17. The van der Waals surface area contributed by atoms with Crippen molar-refractivity contribution < 1.29 is 5.11 Å². The maximum absolute atomic E-state index is 8.98. The van der Waals surface area contributed by atoms with Gasteiger partial charge in [-0.2, -0.15) is 11.8 Å². The standard InChI is InChI=1S/C13H29NOS/c1-11(2)6-5-7-12(3)14-13(8-9-15)10-16-4/h11-15H,5-10H2,1-4H3. The second-order valence-corrected chi connectivity index (χ2v) is 5.97. The molecule has 2 unspecified atom stereocenters. The quantitative estimate of drug-likeness (QED) is 0.622. The van der Waals surface area contributed by atoms with Crippen LogP contribution in [0.25, 0.3) is 0 Å². The van der Waals surface area contributed by atoms with Gasteiger partial charge in [-0.25, -0.2) is 0 Å². The second-order valence-electron chi connectivity index (χ2n) is 5.06. The van der Waals surface area contributed by atoms with Crippen molar-refractivity contribution in [3.63, 3.8) is 0 Å². The van der Waals surface area contributed by atoms with E-state index in [-0.39, 0.29) is 6.61 Å². The summed E-state index contributed by atoms with van der Waals surface area (Å²) in [5.74, 6) is 1.90. The van der Waals surface area contributed by atoms with Crippen LogP contribution < -0.4 is 5.32 Å². The summed E-state index contributed by atoms with van der Waals surface area (Å²) in [6.07, 6.45) is 6.86. The highest BCUT2D eigenvalue weighted by Crippen LogP contribution is 2.10. The molecule has 16 heavy (non-hydrogen) atoms. The molecule has 98 valence electrons. The fraction of sp³-hybridized carbons (Fsp3) is 1.00. The van der Waals surface area contributed by atoms with E-state index in [1.165, 1.54) is 19.3 Å². The van der Waals surface area contributed by atoms with E-state index < -0.39 is 0 Å². The van der Waals surface area contributed by atoms with Gasteiger partial charge in [0.1, 0.15) is 0 Å². The summed E-state index contributed by atoms with van der Waals surface area (Å²) in [6, 6.07) is 1.04. The molecule has 0 radical (unpaired) electrons. The number of aliphatic hydroxyl groups is 1. The van der Waals surface area contributed by atoms with E-state index in [2.05, 4.69) is 32.3 Å². The zero-order valence-corrected chi connectivity index (χ0v) is 12.1. The Morgan fingerprint density at radius 2 is 1.81 bits per heavy atom. The Hall–Kier alpha value is 0.270. The van der Waals surface area contributed by atoms with Crippen molar-refractivity contribution in [3.8, 4) is 0 Å². The smallest absolute Gasteiger partial charge is 0.0446 e. The van der Waals surface area contributed by atoms with E-state index in [0.717, 1.165) is 18.1 Å². The molecule has 3 heteroatoms. The Balaban J connectivity index is 3.67. The van der Waals surface area contributed by atoms with E-state index in [1.807, 2.05) is 11.8 Å². The molecule has 0 amide bonds. The van der Waals surface area contributed by atoms with Gasteiger partial charge in [0.15, 0.2) is 0 Å². The van der Waals surface area contributed by atoms with Crippen molar-refractivity contribution in [1.29, 1.82) is 0 Å². The molecule has 0 aliphatic heterocycles. The molecule has 2 N–H and O–H groups in total. The van der Waals surface area contributed by atoms with Crippen molar-refractivity contribution in [1.82, 2.24) is 5.32 Å². The zero-order valence-electron chi connectivity index (χ0n) is 11.3. The van der Waals surface area contributed by atoms with Crippen LogP contribution in [0.3, 0.4) is 0 Å². The molecule has 2 atom stereocenters. The summed E-state index contributed by atoms with van der Waals surface area (Å²) in [6.45, 7) is 7.10. The van der Waals surface area contributed by atoms with Crippen LogP contribution in [0.2, 0.25) is 0 Å². The highest BCUT2D eigenvalue weighted by Gasteiger charge is 2.10. The third-order valence-corrected chi connectivity index (χ3v) is 3.52. The summed E-state index contributed by atoms with van der Waals surface area (Å²) < 4.78 is 0. The van der Waals surface area contributed by atoms with Gasteiger partial charge in [0, 0.05) is 24.4 Å². The lowest BCUT2D eigenvalue weighted by molar-refractivity contribution is 0.263. The van der Waals surface area contributed by atoms with Gasteiger partial charge in [-0.1, -0.05) is 26.7 Å². The SMILES string of the molecule is CSCC(CCO)NC(C)CCCC(C)C. The third-order valence-electron chi connectivity index (χ3n) is 2.78. The van der Waals surface area contributed by atoms with Crippen molar-refractivity contribution in [2.75, 3.05) is 18.6 Å². The van der Waals surface area contributed by atoms with E-state index >= 15 is 0 Å². The number of rotatable bonds is 10. The van der Waals surface area contributed by atoms with Gasteiger partial charge in [0.2, 0.25) is 0 Å². The van der Waals surface area contributed by atoms with Crippen molar-refractivity contribution in [3.05, 3.63) is 0 Å². The molecule has 0 aromatic carbocycles. The summed E-state index contributed by atoms with van der Waals surface area (Å²) in [7, 11) is 0. The van der Waals surface area contributed by atoms with Gasteiger partial charge in [0.05, 0.1) is 0 Å². The largest absolute Gasteiger partial charge is 0.396 e. The summed E-state index contributed by atoms with van der Waals surface area (Å²) in [5, 5.41) is 12.6. The number of nitrogens with one attached hydrogen (secondary N) is 1. The van der Waals surface area contributed by atoms with Crippen LogP contribution in [0.1, 0.15) is 46.5 Å². The average molecular weight is 247 g/mol. The molecule has 0 aliphatic rings. The maximum atomic E-state index is 8.98. The number of hydrogen-bond donors (Lipinski definition) is 2. The van der Waals surface area contributed by atoms with Crippen LogP contribution in [0.5, 0.6) is 0 Å². The predicted molar refractivity (Wildman–Crippen MR) is 75.2 cm³/mol. The molecule has 0 aromatic rings. The zero-order chi connectivity index (χ0) is 12.4. The molecule has 0 bridgehead atoms. The third kappa shape index (κ3) is 9.49. The van der Waals surface area contributed by atoms with Crippen LogP contribution in [0.4, 0.5) is 0 Å². The minimum absolute atomic E-state index is 0.289. The Bertz CT molecular complexity index is 147. The van der Waals surface area contributed by atoms with Crippen molar-refractivity contribution in [2.24, 2.45) is 5.92 Å². The Kier molecular flexibility index (Phi) is 10.6. The lowest BCUT2D eigenvalue weighted by Gasteiger charge is -2.22. The van der Waals surface area contributed by atoms with Crippen LogP contribution in [-0.4, -0.2) is 35.8 Å². The highest BCUT2D eigenvalue weighted by molar-refractivity contribution is 7.98. The summed E-state index contributed by atoms with van der Waals surface area (Å²) in [5.41, 5.74) is 0. The second kappa shape index (κ2) is 10.4. The Morgan fingerprint density at radius 1 is 1.12 bits per heavy atom. The highest BCUT2D eigenvalue weighted by atomic mass is 32.2. The fourth-order valence-corrected chi connectivity index (χ4v) is 2.56. The van der Waals surface area contributed by atoms with Crippen LogP contribution >= 0.6 is 11.8 Å². The van der Waals surface area contributed by atoms with E-state index in [0.29, 0.717) is 12.1 Å². The molecule has 0 saturated carbocycles. The van der Waals surface area contributed by atoms with Crippen LogP contribution in [-0.2, 0) is 0 Å². The summed E-state index contributed by atoms with van der Waals surface area (Å²) >= 11 is 1.85. The van der Waals surface area contributed by atoms with Crippen molar-refractivity contribution in [2.45, 2.75) is 58.5 Å². The van der Waals surface area contributed by atoms with Gasteiger partial charge in [-0.15, -0.1) is 0 Å². The fourth-order valence-electron chi connectivity index (χ4n) is 1.89. The maximum Gasteiger partial charge on any atom is 0.0446 e. The first kappa shape index (κ1) is 16.3. The number of thioether (sulfide) groups is 1. The molecule has 0 saturated heterocycles. The normalized spacial score (nSPS) is 15.4. The lowest BCUT2D eigenvalue weighted by Crippen LogP contribution is -2.38. The minimum Gasteiger partial charge on any atom is -0.396 e. The van der Waals surface area contributed by atoms with Crippen LogP contribution in [0.15, 0.2) is 0 Å². The molecule has 2 nitrogen and oxygen atoms in total. The molecule has 0 aromatic heterocycles. The first-order chi connectivity index (χ1) is 7.60. The van der Waals surface area contributed by atoms with E-state index in [9.17, 15) is 0 Å². The van der Waals surface area contributed by atoms with Crippen LogP contribution in [0, 0.1) is 5.92 Å². The van der Waals surface area contributed by atoms with Gasteiger partial charge < -0.3 is 10.4 Å². The molecule has 0 spiro atoms. The predicted octanol–water partition coefficient (Wildman–Crippen LogP) is 2.90. The Labute approximate surface area is 106 Å². The van der Waals surface area contributed by atoms with Gasteiger partial charge in [-0.3, -0.25) is 0 Å². The Morgan fingerprint density at radius 3 is 2.31 bits per heavy atom. The molecular formula is C13H29NOS.